The van der Waals surface area contributed by atoms with Crippen LogP contribution in [0.5, 0.6) is 0 Å². The van der Waals surface area contributed by atoms with E-state index in [1.54, 1.807) is 0 Å². The van der Waals surface area contributed by atoms with Crippen LogP contribution in [0.2, 0.25) is 5.15 Å². The van der Waals surface area contributed by atoms with Gasteiger partial charge >= 0.3 is 0 Å². The van der Waals surface area contributed by atoms with Crippen LogP contribution in [0.25, 0.3) is 0 Å². The lowest BCUT2D eigenvalue weighted by atomic mass is 9.75. The largest absolute Gasteiger partial charge is 0.357 e. The third-order valence-electron chi connectivity index (χ3n) is 3.84. The summed E-state index contributed by atoms with van der Waals surface area (Å²) in [4.78, 5) is 10.4. The molecule has 0 saturated heterocycles. The molecule has 1 heterocycles. The van der Waals surface area contributed by atoms with Crippen LogP contribution in [-0.2, 0) is 0 Å². The molecule has 1 aliphatic carbocycles. The predicted octanol–water partition coefficient (Wildman–Crippen LogP) is 3.54. The second-order valence-corrected chi connectivity index (χ2v) is 6.09. The summed E-state index contributed by atoms with van der Waals surface area (Å²) in [6.45, 7) is 4.70. The molecule has 1 aliphatic rings. The Bertz CT molecular complexity index is 382. The van der Waals surface area contributed by atoms with Gasteiger partial charge in [-0.2, -0.15) is 0 Å². The summed E-state index contributed by atoms with van der Waals surface area (Å²) in [6, 6.07) is 2.41. The SMILES string of the molecule is CN(c1cc(Cl)ncn1)C1CCC(C)(C)CC1. The van der Waals surface area contributed by atoms with Crippen molar-refractivity contribution in [1.82, 2.24) is 9.97 Å². The van der Waals surface area contributed by atoms with Gasteiger partial charge in [-0.25, -0.2) is 9.97 Å². The summed E-state index contributed by atoms with van der Waals surface area (Å²) in [5, 5.41) is 0.512. The normalized spacial score (nSPS) is 20.2. The highest BCUT2D eigenvalue weighted by molar-refractivity contribution is 6.29. The highest BCUT2D eigenvalue weighted by Crippen LogP contribution is 2.37. The summed E-state index contributed by atoms with van der Waals surface area (Å²) in [6.07, 6.45) is 6.54. The predicted molar refractivity (Wildman–Crippen MR) is 71.5 cm³/mol. The van der Waals surface area contributed by atoms with E-state index in [9.17, 15) is 0 Å². The summed E-state index contributed by atoms with van der Waals surface area (Å²) in [7, 11) is 2.10. The molecule has 0 atom stereocenters. The Morgan fingerprint density at radius 3 is 2.53 bits per heavy atom. The molecule has 1 fully saturated rings. The van der Waals surface area contributed by atoms with Crippen molar-refractivity contribution in [2.24, 2.45) is 5.41 Å². The fourth-order valence-electron chi connectivity index (χ4n) is 2.48. The van der Waals surface area contributed by atoms with Gasteiger partial charge in [-0.3, -0.25) is 0 Å². The fraction of sp³-hybridized carbons (Fsp3) is 0.692. The highest BCUT2D eigenvalue weighted by Gasteiger charge is 2.29. The summed E-state index contributed by atoms with van der Waals surface area (Å²) < 4.78 is 0. The van der Waals surface area contributed by atoms with Crippen LogP contribution in [0.4, 0.5) is 5.82 Å². The third-order valence-corrected chi connectivity index (χ3v) is 4.04. The van der Waals surface area contributed by atoms with Crippen LogP contribution >= 0.6 is 11.6 Å². The van der Waals surface area contributed by atoms with Gasteiger partial charge in [-0.15, -0.1) is 0 Å². The van der Waals surface area contributed by atoms with Gasteiger partial charge in [0, 0.05) is 19.2 Å². The van der Waals surface area contributed by atoms with E-state index in [2.05, 4.69) is 35.8 Å². The molecule has 0 amide bonds. The molecule has 4 heteroatoms. The van der Waals surface area contributed by atoms with Crippen molar-refractivity contribution in [2.45, 2.75) is 45.6 Å². The number of rotatable bonds is 2. The van der Waals surface area contributed by atoms with Crippen LogP contribution in [0.15, 0.2) is 12.4 Å². The quantitative estimate of drug-likeness (QED) is 0.755. The number of hydrogen-bond acceptors (Lipinski definition) is 3. The minimum absolute atomic E-state index is 0.501. The second-order valence-electron chi connectivity index (χ2n) is 5.71. The van der Waals surface area contributed by atoms with Crippen molar-refractivity contribution in [3.8, 4) is 0 Å². The lowest BCUT2D eigenvalue weighted by Gasteiger charge is -2.39. The minimum atomic E-state index is 0.501. The smallest absolute Gasteiger partial charge is 0.134 e. The number of nitrogens with zero attached hydrogens (tertiary/aromatic N) is 3. The van der Waals surface area contributed by atoms with Crippen LogP contribution in [0.1, 0.15) is 39.5 Å². The summed E-state index contributed by atoms with van der Waals surface area (Å²) >= 11 is 5.90. The average molecular weight is 254 g/mol. The van der Waals surface area contributed by atoms with E-state index >= 15 is 0 Å². The lowest BCUT2D eigenvalue weighted by molar-refractivity contribution is 0.222. The second kappa shape index (κ2) is 4.81. The molecule has 3 nitrogen and oxygen atoms in total. The van der Waals surface area contributed by atoms with Gasteiger partial charge in [0.2, 0.25) is 0 Å². The first kappa shape index (κ1) is 12.6. The monoisotopic (exact) mass is 253 g/mol. The number of anilines is 1. The van der Waals surface area contributed by atoms with Crippen LogP contribution in [-0.4, -0.2) is 23.1 Å². The third kappa shape index (κ3) is 3.09. The molecule has 17 heavy (non-hydrogen) atoms. The molecule has 94 valence electrons. The van der Waals surface area contributed by atoms with Crippen molar-refractivity contribution in [3.05, 3.63) is 17.5 Å². The average Bonchev–Trinajstić information content (AvgIpc) is 2.28. The molecular formula is C13H20ClN3. The molecule has 0 N–H and O–H groups in total. The Hall–Kier alpha value is -0.830. The molecule has 2 rings (SSSR count). The molecule has 0 radical (unpaired) electrons. The Labute approximate surface area is 108 Å². The van der Waals surface area contributed by atoms with Crippen LogP contribution < -0.4 is 4.90 Å². The molecule has 0 unspecified atom stereocenters. The van der Waals surface area contributed by atoms with Gasteiger partial charge in [-0.1, -0.05) is 25.4 Å². The van der Waals surface area contributed by atoms with E-state index in [0.29, 0.717) is 16.6 Å². The van der Waals surface area contributed by atoms with E-state index in [1.807, 2.05) is 6.07 Å². The topological polar surface area (TPSA) is 29.0 Å². The number of aromatic nitrogens is 2. The maximum absolute atomic E-state index is 5.90. The molecule has 1 aromatic heterocycles. The molecule has 0 bridgehead atoms. The van der Waals surface area contributed by atoms with Crippen molar-refractivity contribution in [2.75, 3.05) is 11.9 Å². The summed E-state index contributed by atoms with van der Waals surface area (Å²) in [5.41, 5.74) is 0.501. The Morgan fingerprint density at radius 1 is 1.29 bits per heavy atom. The van der Waals surface area contributed by atoms with Gasteiger partial charge in [0.1, 0.15) is 17.3 Å². The standard InChI is InChI=1S/C13H20ClN3/c1-13(2)6-4-10(5-7-13)17(3)12-8-11(14)15-9-16-12/h8-10H,4-7H2,1-3H3. The van der Waals surface area contributed by atoms with E-state index < -0.39 is 0 Å². The van der Waals surface area contributed by atoms with E-state index in [0.717, 1.165) is 5.82 Å². The van der Waals surface area contributed by atoms with Crippen molar-refractivity contribution in [3.63, 3.8) is 0 Å². The maximum Gasteiger partial charge on any atom is 0.134 e. The van der Waals surface area contributed by atoms with Gasteiger partial charge < -0.3 is 4.90 Å². The first-order chi connectivity index (χ1) is 7.98. The lowest BCUT2D eigenvalue weighted by Crippen LogP contribution is -2.37. The minimum Gasteiger partial charge on any atom is -0.357 e. The molecular weight excluding hydrogens is 234 g/mol. The van der Waals surface area contributed by atoms with Crippen LogP contribution in [0, 0.1) is 5.41 Å². The van der Waals surface area contributed by atoms with Crippen molar-refractivity contribution in [1.29, 1.82) is 0 Å². The molecule has 1 aromatic rings. The Balaban J connectivity index is 2.04. The van der Waals surface area contributed by atoms with Crippen molar-refractivity contribution >= 4 is 17.4 Å². The van der Waals surface area contributed by atoms with Gasteiger partial charge in [0.15, 0.2) is 0 Å². The number of halogens is 1. The van der Waals surface area contributed by atoms with E-state index in [1.165, 1.54) is 32.0 Å². The van der Waals surface area contributed by atoms with Gasteiger partial charge in [0.05, 0.1) is 0 Å². The molecule has 1 saturated carbocycles. The molecule has 0 spiro atoms. The zero-order valence-corrected chi connectivity index (χ0v) is 11.5. The molecule has 0 aliphatic heterocycles. The highest BCUT2D eigenvalue weighted by atomic mass is 35.5. The first-order valence-corrected chi connectivity index (χ1v) is 6.56. The Kier molecular flexibility index (Phi) is 3.57. The van der Waals surface area contributed by atoms with Crippen molar-refractivity contribution < 1.29 is 0 Å². The van der Waals surface area contributed by atoms with Gasteiger partial charge in [-0.05, 0) is 31.1 Å². The maximum atomic E-state index is 5.90. The summed E-state index contributed by atoms with van der Waals surface area (Å²) in [5.74, 6) is 0.926. The van der Waals surface area contributed by atoms with Crippen LogP contribution in [0.3, 0.4) is 0 Å². The van der Waals surface area contributed by atoms with Gasteiger partial charge in [0.25, 0.3) is 0 Å². The first-order valence-electron chi connectivity index (χ1n) is 6.18. The van der Waals surface area contributed by atoms with E-state index in [-0.39, 0.29) is 0 Å². The van der Waals surface area contributed by atoms with E-state index in [4.69, 9.17) is 11.6 Å². The number of hydrogen-bond donors (Lipinski definition) is 0. The Morgan fingerprint density at radius 2 is 1.94 bits per heavy atom. The molecule has 0 aromatic carbocycles. The fourth-order valence-corrected chi connectivity index (χ4v) is 2.62. The zero-order chi connectivity index (χ0) is 12.5. The zero-order valence-electron chi connectivity index (χ0n) is 10.8.